The van der Waals surface area contributed by atoms with Gasteiger partial charge in [-0.25, -0.2) is 4.79 Å². The number of fused-ring (bicyclic) bond motifs is 1. The molecule has 0 aliphatic carbocycles. The van der Waals surface area contributed by atoms with E-state index in [1.54, 1.807) is 13.2 Å². The summed E-state index contributed by atoms with van der Waals surface area (Å²) in [7, 11) is 1.61. The van der Waals surface area contributed by atoms with E-state index in [1.807, 2.05) is 36.4 Å². The van der Waals surface area contributed by atoms with Crippen LogP contribution in [0.25, 0.3) is 16.8 Å². The van der Waals surface area contributed by atoms with E-state index in [9.17, 15) is 4.79 Å². The zero-order valence-electron chi connectivity index (χ0n) is 14.5. The summed E-state index contributed by atoms with van der Waals surface area (Å²) < 4.78 is 11.3. The van der Waals surface area contributed by atoms with Crippen LogP contribution in [0, 0.1) is 0 Å². The summed E-state index contributed by atoms with van der Waals surface area (Å²) >= 11 is 0. The van der Waals surface area contributed by atoms with Gasteiger partial charge in [0.15, 0.2) is 0 Å². The van der Waals surface area contributed by atoms with Gasteiger partial charge in [-0.1, -0.05) is 48.5 Å². The standard InChI is InChI=1S/C22H20O4/c1-25-21-11-9-16(10-12-22(23)24)13-19(21)15-26-14-18-7-4-6-17-5-2-3-8-20(17)18/h2-13H,14-15H2,1H3,(H,23,24). The lowest BCUT2D eigenvalue weighted by molar-refractivity contribution is -0.131. The van der Waals surface area contributed by atoms with Crippen molar-refractivity contribution in [1.29, 1.82) is 0 Å². The molecule has 0 fully saturated rings. The minimum Gasteiger partial charge on any atom is -0.496 e. The van der Waals surface area contributed by atoms with Gasteiger partial charge in [0.2, 0.25) is 0 Å². The first kappa shape index (κ1) is 17.7. The molecule has 0 heterocycles. The molecule has 26 heavy (non-hydrogen) atoms. The van der Waals surface area contributed by atoms with Crippen molar-refractivity contribution in [2.24, 2.45) is 0 Å². The maximum absolute atomic E-state index is 10.7. The fourth-order valence-corrected chi connectivity index (χ4v) is 2.87. The lowest BCUT2D eigenvalue weighted by atomic mass is 10.1. The number of rotatable bonds is 7. The Morgan fingerprint density at radius 1 is 1.00 bits per heavy atom. The normalized spacial score (nSPS) is 11.1. The molecule has 0 amide bonds. The number of hydrogen-bond donors (Lipinski definition) is 1. The van der Waals surface area contributed by atoms with Crippen LogP contribution in [-0.2, 0) is 22.7 Å². The Bertz CT molecular complexity index is 939. The van der Waals surface area contributed by atoms with Gasteiger partial charge in [-0.3, -0.25) is 0 Å². The molecule has 0 unspecified atom stereocenters. The van der Waals surface area contributed by atoms with Gasteiger partial charge in [-0.2, -0.15) is 0 Å². The summed E-state index contributed by atoms with van der Waals surface area (Å²) in [5, 5.41) is 11.1. The average molecular weight is 348 g/mol. The minimum absolute atomic E-state index is 0.376. The van der Waals surface area contributed by atoms with Crippen molar-refractivity contribution in [1.82, 2.24) is 0 Å². The second-order valence-corrected chi connectivity index (χ2v) is 5.87. The van der Waals surface area contributed by atoms with Gasteiger partial charge in [0.05, 0.1) is 20.3 Å². The van der Waals surface area contributed by atoms with Crippen molar-refractivity contribution >= 4 is 22.8 Å². The monoisotopic (exact) mass is 348 g/mol. The summed E-state index contributed by atoms with van der Waals surface area (Å²) in [5.41, 5.74) is 2.79. The molecule has 4 heteroatoms. The van der Waals surface area contributed by atoms with Gasteiger partial charge >= 0.3 is 5.97 Å². The third kappa shape index (κ3) is 4.29. The second-order valence-electron chi connectivity index (χ2n) is 5.87. The van der Waals surface area contributed by atoms with Crippen LogP contribution in [0.1, 0.15) is 16.7 Å². The number of carboxylic acids is 1. The van der Waals surface area contributed by atoms with Crippen LogP contribution in [0.5, 0.6) is 5.75 Å². The first-order chi connectivity index (χ1) is 12.7. The number of carboxylic acid groups (broad SMARTS) is 1. The maximum Gasteiger partial charge on any atom is 0.328 e. The molecule has 0 bridgehead atoms. The molecular formula is C22H20O4. The van der Waals surface area contributed by atoms with Crippen molar-refractivity contribution in [3.63, 3.8) is 0 Å². The molecule has 3 rings (SSSR count). The molecule has 1 N–H and O–H groups in total. The summed E-state index contributed by atoms with van der Waals surface area (Å²) in [4.78, 5) is 10.7. The third-order valence-electron chi connectivity index (χ3n) is 4.12. The number of carbonyl (C=O) groups is 1. The Morgan fingerprint density at radius 3 is 2.58 bits per heavy atom. The zero-order chi connectivity index (χ0) is 18.4. The molecule has 3 aromatic rings. The Morgan fingerprint density at radius 2 is 1.77 bits per heavy atom. The summed E-state index contributed by atoms with van der Waals surface area (Å²) in [6.07, 6.45) is 2.67. The first-order valence-corrected chi connectivity index (χ1v) is 8.29. The van der Waals surface area contributed by atoms with Gasteiger partial charge in [-0.05, 0) is 40.1 Å². The molecule has 4 nitrogen and oxygen atoms in total. The van der Waals surface area contributed by atoms with E-state index in [1.165, 1.54) is 10.8 Å². The van der Waals surface area contributed by atoms with Crippen LogP contribution in [-0.4, -0.2) is 18.2 Å². The van der Waals surface area contributed by atoms with E-state index >= 15 is 0 Å². The fourth-order valence-electron chi connectivity index (χ4n) is 2.87. The zero-order valence-corrected chi connectivity index (χ0v) is 14.5. The predicted molar refractivity (Wildman–Crippen MR) is 102 cm³/mol. The molecule has 0 aliphatic heterocycles. The maximum atomic E-state index is 10.7. The number of aliphatic carboxylic acids is 1. The SMILES string of the molecule is COc1ccc(C=CC(=O)O)cc1COCc1cccc2ccccc12. The van der Waals surface area contributed by atoms with E-state index in [0.29, 0.717) is 13.2 Å². The van der Waals surface area contributed by atoms with Crippen LogP contribution >= 0.6 is 0 Å². The van der Waals surface area contributed by atoms with Crippen molar-refractivity contribution < 1.29 is 19.4 Å². The third-order valence-corrected chi connectivity index (χ3v) is 4.12. The first-order valence-electron chi connectivity index (χ1n) is 8.29. The van der Waals surface area contributed by atoms with Crippen LogP contribution in [0.15, 0.2) is 66.7 Å². The smallest absolute Gasteiger partial charge is 0.328 e. The van der Waals surface area contributed by atoms with Gasteiger partial charge in [0.25, 0.3) is 0 Å². The van der Waals surface area contributed by atoms with Gasteiger partial charge < -0.3 is 14.6 Å². The molecule has 132 valence electrons. The van der Waals surface area contributed by atoms with Crippen LogP contribution in [0.2, 0.25) is 0 Å². The predicted octanol–water partition coefficient (Wildman–Crippen LogP) is 4.66. The van der Waals surface area contributed by atoms with Crippen molar-refractivity contribution in [2.75, 3.05) is 7.11 Å². The molecule has 3 aromatic carbocycles. The van der Waals surface area contributed by atoms with E-state index in [-0.39, 0.29) is 0 Å². The summed E-state index contributed by atoms with van der Waals surface area (Å²) in [5.74, 6) is -0.259. The summed E-state index contributed by atoms with van der Waals surface area (Å²) in [6.45, 7) is 0.862. The Balaban J connectivity index is 1.74. The Hall–Kier alpha value is -3.11. The molecule has 0 radical (unpaired) electrons. The van der Waals surface area contributed by atoms with E-state index in [4.69, 9.17) is 14.6 Å². The summed E-state index contributed by atoms with van der Waals surface area (Å²) in [6, 6.07) is 19.9. The van der Waals surface area contributed by atoms with E-state index in [2.05, 4.69) is 24.3 Å². The molecule has 0 aromatic heterocycles. The highest BCUT2D eigenvalue weighted by molar-refractivity contribution is 5.86. The number of hydrogen-bond acceptors (Lipinski definition) is 3. The minimum atomic E-state index is -0.977. The molecule has 0 atom stereocenters. The van der Waals surface area contributed by atoms with Crippen molar-refractivity contribution in [3.05, 3.63) is 83.4 Å². The highest BCUT2D eigenvalue weighted by Gasteiger charge is 2.06. The lowest BCUT2D eigenvalue weighted by Crippen LogP contribution is -1.98. The topological polar surface area (TPSA) is 55.8 Å². The lowest BCUT2D eigenvalue weighted by Gasteiger charge is -2.11. The van der Waals surface area contributed by atoms with Crippen LogP contribution in [0.4, 0.5) is 0 Å². The second kappa shape index (κ2) is 8.32. The number of ether oxygens (including phenoxy) is 2. The quantitative estimate of drug-likeness (QED) is 0.631. The van der Waals surface area contributed by atoms with Gasteiger partial charge in [0.1, 0.15) is 5.75 Å². The molecule has 0 aliphatic rings. The molecule has 0 saturated carbocycles. The van der Waals surface area contributed by atoms with Crippen LogP contribution in [0.3, 0.4) is 0 Å². The van der Waals surface area contributed by atoms with Gasteiger partial charge in [-0.15, -0.1) is 0 Å². The van der Waals surface area contributed by atoms with E-state index in [0.717, 1.165) is 28.5 Å². The van der Waals surface area contributed by atoms with Crippen LogP contribution < -0.4 is 4.74 Å². The van der Waals surface area contributed by atoms with Crippen molar-refractivity contribution in [3.8, 4) is 5.75 Å². The molecule has 0 saturated heterocycles. The molecular weight excluding hydrogens is 328 g/mol. The highest BCUT2D eigenvalue weighted by atomic mass is 16.5. The average Bonchev–Trinajstić information content (AvgIpc) is 2.66. The number of benzene rings is 3. The van der Waals surface area contributed by atoms with Gasteiger partial charge in [0, 0.05) is 11.6 Å². The highest BCUT2D eigenvalue weighted by Crippen LogP contribution is 2.23. The number of methoxy groups -OCH3 is 1. The molecule has 0 spiro atoms. The van der Waals surface area contributed by atoms with E-state index < -0.39 is 5.97 Å². The Labute approximate surface area is 152 Å². The van der Waals surface area contributed by atoms with Crippen molar-refractivity contribution in [2.45, 2.75) is 13.2 Å². The largest absolute Gasteiger partial charge is 0.496 e. The fraction of sp³-hybridized carbons (Fsp3) is 0.136. The Kier molecular flexibility index (Phi) is 5.66.